The number of carbonyl (C=O) groups is 1. The average molecular weight is 257 g/mol. The maximum Gasteiger partial charge on any atom is 0.254 e. The van der Waals surface area contributed by atoms with Crippen LogP contribution in [0.25, 0.3) is 0 Å². The van der Waals surface area contributed by atoms with E-state index in [4.69, 9.17) is 5.73 Å². The fourth-order valence-electron chi connectivity index (χ4n) is 1.27. The van der Waals surface area contributed by atoms with E-state index in [1.807, 2.05) is 13.8 Å². The number of aromatic nitrogens is 1. The number of rotatable bonds is 5. The van der Waals surface area contributed by atoms with Gasteiger partial charge in [0.25, 0.3) is 5.91 Å². The molecule has 1 amide bonds. The summed E-state index contributed by atoms with van der Waals surface area (Å²) in [6, 6.07) is 1.31. The molecule has 0 aliphatic heterocycles. The lowest BCUT2D eigenvalue weighted by molar-refractivity contribution is 0.0939. The molecule has 17 heavy (non-hydrogen) atoms. The Morgan fingerprint density at radius 2 is 2.41 bits per heavy atom. The van der Waals surface area contributed by atoms with Gasteiger partial charge in [-0.25, -0.2) is 9.37 Å². The van der Waals surface area contributed by atoms with Gasteiger partial charge in [-0.15, -0.1) is 0 Å². The number of nitrogens with two attached hydrogens (primary N) is 1. The van der Waals surface area contributed by atoms with Crippen LogP contribution in [0, 0.1) is 5.82 Å². The van der Waals surface area contributed by atoms with Gasteiger partial charge in [-0.2, -0.15) is 11.8 Å². The zero-order valence-electron chi connectivity index (χ0n) is 9.87. The molecule has 0 aliphatic rings. The van der Waals surface area contributed by atoms with Gasteiger partial charge in [0, 0.05) is 18.0 Å². The van der Waals surface area contributed by atoms with Crippen molar-refractivity contribution in [2.45, 2.75) is 19.9 Å². The van der Waals surface area contributed by atoms with Crippen LogP contribution in [0.4, 0.5) is 10.2 Å². The minimum absolute atomic E-state index is 0.0127. The molecule has 0 saturated heterocycles. The van der Waals surface area contributed by atoms with E-state index in [9.17, 15) is 9.18 Å². The molecule has 94 valence electrons. The van der Waals surface area contributed by atoms with Gasteiger partial charge in [0.05, 0.1) is 5.56 Å². The smallest absolute Gasteiger partial charge is 0.254 e. The van der Waals surface area contributed by atoms with Crippen LogP contribution in [0.1, 0.15) is 24.2 Å². The van der Waals surface area contributed by atoms with Crippen LogP contribution in [-0.4, -0.2) is 28.4 Å². The third-order valence-corrected chi connectivity index (χ3v) is 3.25. The van der Waals surface area contributed by atoms with Crippen molar-refractivity contribution in [1.82, 2.24) is 10.3 Å². The van der Waals surface area contributed by atoms with Crippen LogP contribution in [0.2, 0.25) is 0 Å². The predicted octanol–water partition coefficient (Wildman–Crippen LogP) is 1.67. The van der Waals surface area contributed by atoms with E-state index >= 15 is 0 Å². The second kappa shape index (κ2) is 6.44. The first-order valence-corrected chi connectivity index (χ1v) is 6.50. The van der Waals surface area contributed by atoms with Crippen LogP contribution in [-0.2, 0) is 0 Å². The number of carbonyl (C=O) groups excluding carboxylic acids is 1. The summed E-state index contributed by atoms with van der Waals surface area (Å²) in [6.07, 6.45) is 1.32. The molecule has 0 radical (unpaired) electrons. The number of nitrogens with one attached hydrogen (secondary N) is 1. The molecular weight excluding hydrogens is 241 g/mol. The van der Waals surface area contributed by atoms with Crippen molar-refractivity contribution in [2.24, 2.45) is 0 Å². The van der Waals surface area contributed by atoms with E-state index in [-0.39, 0.29) is 17.4 Å². The summed E-state index contributed by atoms with van der Waals surface area (Å²) in [5.74, 6) is 0.302. The maximum absolute atomic E-state index is 13.5. The molecule has 1 aromatic rings. The van der Waals surface area contributed by atoms with E-state index in [1.165, 1.54) is 12.3 Å². The Morgan fingerprint density at radius 1 is 1.71 bits per heavy atom. The minimum atomic E-state index is -0.764. The lowest BCUT2D eigenvalue weighted by Gasteiger charge is -2.13. The Bertz CT molecular complexity index is 400. The number of nitrogens with zero attached hydrogens (tertiary/aromatic N) is 1. The largest absolute Gasteiger partial charge is 0.381 e. The van der Waals surface area contributed by atoms with E-state index in [2.05, 4.69) is 10.3 Å². The first-order chi connectivity index (χ1) is 8.06. The zero-order valence-corrected chi connectivity index (χ0v) is 10.7. The molecule has 3 N–H and O–H groups in total. The normalized spacial score (nSPS) is 12.2. The second-order valence-corrected chi connectivity index (χ2v) is 4.91. The number of pyridine rings is 1. The SMILES string of the molecule is CCSCC(C)NC(=O)c1ccnc(N)c1F. The Labute approximate surface area is 104 Å². The number of amides is 1. The number of thioether (sulfide) groups is 1. The summed E-state index contributed by atoms with van der Waals surface area (Å²) in [6.45, 7) is 3.92. The third-order valence-electron chi connectivity index (χ3n) is 2.11. The fourth-order valence-corrected chi connectivity index (χ4v) is 1.95. The van der Waals surface area contributed by atoms with Crippen molar-refractivity contribution in [2.75, 3.05) is 17.2 Å². The third kappa shape index (κ3) is 3.89. The Morgan fingerprint density at radius 3 is 3.06 bits per heavy atom. The maximum atomic E-state index is 13.5. The Balaban J connectivity index is 2.67. The van der Waals surface area contributed by atoms with Crippen molar-refractivity contribution in [3.05, 3.63) is 23.6 Å². The quantitative estimate of drug-likeness (QED) is 0.842. The van der Waals surface area contributed by atoms with Gasteiger partial charge < -0.3 is 11.1 Å². The van der Waals surface area contributed by atoms with Crippen molar-refractivity contribution in [3.8, 4) is 0 Å². The lowest BCUT2D eigenvalue weighted by atomic mass is 10.2. The molecule has 0 bridgehead atoms. The summed E-state index contributed by atoms with van der Waals surface area (Å²) in [4.78, 5) is 15.3. The molecule has 1 heterocycles. The van der Waals surface area contributed by atoms with Crippen molar-refractivity contribution in [3.63, 3.8) is 0 Å². The van der Waals surface area contributed by atoms with Crippen molar-refractivity contribution >= 4 is 23.5 Å². The molecule has 1 rings (SSSR count). The summed E-state index contributed by atoms with van der Waals surface area (Å²) in [7, 11) is 0. The van der Waals surface area contributed by atoms with E-state index < -0.39 is 11.7 Å². The highest BCUT2D eigenvalue weighted by Gasteiger charge is 2.16. The van der Waals surface area contributed by atoms with Gasteiger partial charge in [0.2, 0.25) is 0 Å². The molecule has 0 spiro atoms. The molecule has 6 heteroatoms. The second-order valence-electron chi connectivity index (χ2n) is 3.59. The van der Waals surface area contributed by atoms with Crippen molar-refractivity contribution < 1.29 is 9.18 Å². The van der Waals surface area contributed by atoms with Gasteiger partial charge in [-0.05, 0) is 18.7 Å². The first kappa shape index (κ1) is 13.8. The molecule has 1 aromatic heterocycles. The summed E-state index contributed by atoms with van der Waals surface area (Å²) < 4.78 is 13.5. The van der Waals surface area contributed by atoms with E-state index in [1.54, 1.807) is 11.8 Å². The van der Waals surface area contributed by atoms with Crippen LogP contribution in [0.5, 0.6) is 0 Å². The molecule has 0 fully saturated rings. The topological polar surface area (TPSA) is 68.0 Å². The van der Waals surface area contributed by atoms with Gasteiger partial charge in [-0.1, -0.05) is 6.92 Å². The molecule has 0 aromatic carbocycles. The monoisotopic (exact) mass is 257 g/mol. The summed E-state index contributed by atoms with van der Waals surface area (Å²) in [5, 5.41) is 2.72. The van der Waals surface area contributed by atoms with E-state index in [0.717, 1.165) is 11.5 Å². The number of hydrogen-bond donors (Lipinski definition) is 2. The highest BCUT2D eigenvalue weighted by molar-refractivity contribution is 7.99. The highest BCUT2D eigenvalue weighted by Crippen LogP contribution is 2.12. The average Bonchev–Trinajstić information content (AvgIpc) is 2.29. The molecule has 1 atom stereocenters. The molecule has 0 aliphatic carbocycles. The van der Waals surface area contributed by atoms with E-state index in [0.29, 0.717) is 0 Å². The van der Waals surface area contributed by atoms with Crippen LogP contribution >= 0.6 is 11.8 Å². The molecular formula is C11H16FN3OS. The highest BCUT2D eigenvalue weighted by atomic mass is 32.2. The fraction of sp³-hybridized carbons (Fsp3) is 0.455. The van der Waals surface area contributed by atoms with Gasteiger partial charge in [-0.3, -0.25) is 4.79 Å². The minimum Gasteiger partial charge on any atom is -0.381 e. The van der Waals surface area contributed by atoms with Crippen molar-refractivity contribution in [1.29, 1.82) is 0 Å². The van der Waals surface area contributed by atoms with Gasteiger partial charge >= 0.3 is 0 Å². The number of halogens is 1. The number of hydrogen-bond acceptors (Lipinski definition) is 4. The van der Waals surface area contributed by atoms with Gasteiger partial charge in [0.15, 0.2) is 11.6 Å². The van der Waals surface area contributed by atoms with Crippen LogP contribution in [0.15, 0.2) is 12.3 Å². The number of anilines is 1. The Kier molecular flexibility index (Phi) is 5.21. The first-order valence-electron chi connectivity index (χ1n) is 5.34. The summed E-state index contributed by atoms with van der Waals surface area (Å²) in [5.41, 5.74) is 5.24. The van der Waals surface area contributed by atoms with Crippen LogP contribution in [0.3, 0.4) is 0 Å². The molecule has 4 nitrogen and oxygen atoms in total. The standard InChI is InChI=1S/C11H16FN3OS/c1-3-17-6-7(2)15-11(16)8-4-5-14-10(13)9(8)12/h4-5,7H,3,6H2,1-2H3,(H2,13,14)(H,15,16). The number of nitrogen functional groups attached to an aromatic ring is 1. The predicted molar refractivity (Wildman–Crippen MR) is 68.5 cm³/mol. The van der Waals surface area contributed by atoms with Gasteiger partial charge in [0.1, 0.15) is 0 Å². The lowest BCUT2D eigenvalue weighted by Crippen LogP contribution is -2.35. The van der Waals surface area contributed by atoms with Crippen LogP contribution < -0.4 is 11.1 Å². The summed E-state index contributed by atoms with van der Waals surface area (Å²) >= 11 is 1.72. The molecule has 0 saturated carbocycles. The molecule has 1 unspecified atom stereocenters. The zero-order chi connectivity index (χ0) is 12.8. The Hall–Kier alpha value is -1.30.